The Balaban J connectivity index is 1.68. The van der Waals surface area contributed by atoms with Crippen LogP contribution in [0.3, 0.4) is 0 Å². The van der Waals surface area contributed by atoms with Crippen LogP contribution in [0.5, 0.6) is 0 Å². The van der Waals surface area contributed by atoms with Gasteiger partial charge < -0.3 is 10.1 Å². The van der Waals surface area contributed by atoms with Crippen molar-refractivity contribution in [3.8, 4) is 0 Å². The van der Waals surface area contributed by atoms with Gasteiger partial charge in [-0.25, -0.2) is 9.97 Å². The van der Waals surface area contributed by atoms with E-state index in [2.05, 4.69) is 29.1 Å². The predicted molar refractivity (Wildman–Crippen MR) is 83.6 cm³/mol. The summed E-state index contributed by atoms with van der Waals surface area (Å²) in [7, 11) is 0. The average molecular weight is 291 g/mol. The van der Waals surface area contributed by atoms with Crippen molar-refractivity contribution in [1.82, 2.24) is 9.97 Å². The number of hydrogen-bond donors (Lipinski definition) is 1. The Bertz CT molecular complexity index is 590. The van der Waals surface area contributed by atoms with Gasteiger partial charge in [-0.1, -0.05) is 0 Å². The Labute approximate surface area is 123 Å². The number of hydrogen-bond acceptors (Lipinski definition) is 5. The van der Waals surface area contributed by atoms with E-state index >= 15 is 0 Å². The molecule has 4 nitrogen and oxygen atoms in total. The fraction of sp³-hybridized carbons (Fsp3) is 0.600. The molecule has 108 valence electrons. The zero-order chi connectivity index (χ0) is 13.9. The molecule has 1 N–H and O–H groups in total. The second kappa shape index (κ2) is 6.06. The van der Waals surface area contributed by atoms with Crippen LogP contribution in [0.15, 0.2) is 6.33 Å². The van der Waals surface area contributed by atoms with E-state index in [9.17, 15) is 0 Å². The molecule has 0 aliphatic carbocycles. The third-order valence-electron chi connectivity index (χ3n) is 4.00. The average Bonchev–Trinajstić information content (AvgIpc) is 2.76. The van der Waals surface area contributed by atoms with Gasteiger partial charge in [0.25, 0.3) is 0 Å². The predicted octanol–water partition coefficient (Wildman–Crippen LogP) is 3.68. The lowest BCUT2D eigenvalue weighted by Gasteiger charge is -2.22. The minimum Gasteiger partial charge on any atom is -0.378 e. The van der Waals surface area contributed by atoms with Gasteiger partial charge in [-0.05, 0) is 45.1 Å². The highest BCUT2D eigenvalue weighted by atomic mass is 32.1. The second-order valence-corrected chi connectivity index (χ2v) is 6.59. The molecule has 1 fully saturated rings. The molecule has 3 rings (SSSR count). The second-order valence-electron chi connectivity index (χ2n) is 5.39. The summed E-state index contributed by atoms with van der Waals surface area (Å²) in [6.45, 7) is 6.12. The molecule has 2 aromatic rings. The van der Waals surface area contributed by atoms with E-state index in [1.807, 2.05) is 0 Å². The molecule has 1 aliphatic heterocycles. The number of nitrogens with zero attached hydrogens (tertiary/aromatic N) is 2. The number of ether oxygens (including phenoxy) is 1. The van der Waals surface area contributed by atoms with Gasteiger partial charge >= 0.3 is 0 Å². The summed E-state index contributed by atoms with van der Waals surface area (Å²) in [5.74, 6) is 0.965. The van der Waals surface area contributed by atoms with Gasteiger partial charge in [0.1, 0.15) is 17.0 Å². The lowest BCUT2D eigenvalue weighted by Crippen LogP contribution is -2.22. The number of thiophene rings is 1. The summed E-state index contributed by atoms with van der Waals surface area (Å²) in [5, 5.41) is 4.64. The van der Waals surface area contributed by atoms with Crippen molar-refractivity contribution >= 4 is 27.4 Å². The number of nitrogens with one attached hydrogen (secondary N) is 1. The van der Waals surface area contributed by atoms with Crippen LogP contribution in [-0.2, 0) is 4.74 Å². The van der Waals surface area contributed by atoms with Gasteiger partial charge in [0.05, 0.1) is 11.5 Å². The highest BCUT2D eigenvalue weighted by molar-refractivity contribution is 7.18. The number of aromatic nitrogens is 2. The van der Waals surface area contributed by atoms with Crippen molar-refractivity contribution in [2.24, 2.45) is 0 Å². The molecular weight excluding hydrogens is 270 g/mol. The molecule has 0 bridgehead atoms. The third kappa shape index (κ3) is 2.79. The Morgan fingerprint density at radius 3 is 3.05 bits per heavy atom. The zero-order valence-electron chi connectivity index (χ0n) is 12.1. The van der Waals surface area contributed by atoms with Gasteiger partial charge in [0.2, 0.25) is 0 Å². The maximum absolute atomic E-state index is 5.76. The molecule has 3 heterocycles. The van der Waals surface area contributed by atoms with Crippen LogP contribution in [0.1, 0.15) is 36.1 Å². The Morgan fingerprint density at radius 1 is 1.35 bits per heavy atom. The lowest BCUT2D eigenvalue weighted by molar-refractivity contribution is 0.0134. The smallest absolute Gasteiger partial charge is 0.138 e. The number of anilines is 1. The van der Waals surface area contributed by atoms with Gasteiger partial charge in [0.15, 0.2) is 0 Å². The summed E-state index contributed by atoms with van der Waals surface area (Å²) in [6.07, 6.45) is 6.82. The summed E-state index contributed by atoms with van der Waals surface area (Å²) in [4.78, 5) is 11.2. The van der Waals surface area contributed by atoms with E-state index in [1.54, 1.807) is 17.7 Å². The summed E-state index contributed by atoms with van der Waals surface area (Å²) >= 11 is 1.74. The van der Waals surface area contributed by atoms with Crippen LogP contribution < -0.4 is 5.32 Å². The summed E-state index contributed by atoms with van der Waals surface area (Å²) in [6, 6.07) is 0. The summed E-state index contributed by atoms with van der Waals surface area (Å²) in [5.41, 5.74) is 1.29. The van der Waals surface area contributed by atoms with E-state index in [1.165, 1.54) is 35.1 Å². The fourth-order valence-electron chi connectivity index (χ4n) is 2.70. The van der Waals surface area contributed by atoms with Crippen molar-refractivity contribution in [1.29, 1.82) is 0 Å². The Morgan fingerprint density at radius 2 is 2.25 bits per heavy atom. The first kappa shape index (κ1) is 13.8. The number of fused-ring (bicyclic) bond motifs is 1. The lowest BCUT2D eigenvalue weighted by atomic mass is 10.1. The molecule has 0 spiro atoms. The van der Waals surface area contributed by atoms with E-state index in [0.29, 0.717) is 6.10 Å². The standard InChI is InChI=1S/C15H21N3OS/c1-10-11(2)20-15-13(10)14(17-9-18-15)16-7-6-12-5-3-4-8-19-12/h9,12H,3-8H2,1-2H3,(H,16,17,18). The maximum Gasteiger partial charge on any atom is 0.138 e. The molecule has 0 radical (unpaired) electrons. The third-order valence-corrected chi connectivity index (χ3v) is 5.11. The van der Waals surface area contributed by atoms with E-state index in [4.69, 9.17) is 4.74 Å². The first-order valence-electron chi connectivity index (χ1n) is 7.32. The van der Waals surface area contributed by atoms with Crippen LogP contribution in [0, 0.1) is 13.8 Å². The quantitative estimate of drug-likeness (QED) is 0.933. The molecular formula is C15H21N3OS. The number of rotatable bonds is 4. The van der Waals surface area contributed by atoms with E-state index < -0.39 is 0 Å². The van der Waals surface area contributed by atoms with Crippen molar-refractivity contribution in [2.75, 3.05) is 18.5 Å². The minimum absolute atomic E-state index is 0.416. The van der Waals surface area contributed by atoms with Gasteiger partial charge in [0, 0.05) is 18.0 Å². The largest absolute Gasteiger partial charge is 0.378 e. The van der Waals surface area contributed by atoms with Crippen molar-refractivity contribution in [3.05, 3.63) is 16.8 Å². The topological polar surface area (TPSA) is 47.0 Å². The highest BCUT2D eigenvalue weighted by Gasteiger charge is 2.15. The monoisotopic (exact) mass is 291 g/mol. The van der Waals surface area contributed by atoms with E-state index in [-0.39, 0.29) is 0 Å². The van der Waals surface area contributed by atoms with Crippen LogP contribution in [0.4, 0.5) is 5.82 Å². The molecule has 1 atom stereocenters. The Kier molecular flexibility index (Phi) is 4.17. The van der Waals surface area contributed by atoms with Crippen molar-refractivity contribution in [2.45, 2.75) is 45.6 Å². The molecule has 1 unspecified atom stereocenters. The van der Waals surface area contributed by atoms with Crippen molar-refractivity contribution in [3.63, 3.8) is 0 Å². The molecule has 0 saturated carbocycles. The van der Waals surface area contributed by atoms with Crippen LogP contribution in [-0.4, -0.2) is 29.2 Å². The first-order chi connectivity index (χ1) is 9.75. The SMILES string of the molecule is Cc1sc2ncnc(NCCC3CCCCO3)c2c1C. The molecule has 0 aromatic carbocycles. The number of aryl methyl sites for hydroxylation is 2. The Hall–Kier alpha value is -1.20. The maximum atomic E-state index is 5.76. The van der Waals surface area contributed by atoms with Gasteiger partial charge in [-0.2, -0.15) is 0 Å². The summed E-state index contributed by atoms with van der Waals surface area (Å²) < 4.78 is 5.76. The molecule has 1 aliphatic rings. The molecule has 2 aromatic heterocycles. The van der Waals surface area contributed by atoms with Crippen LogP contribution in [0.25, 0.3) is 10.2 Å². The van der Waals surface area contributed by atoms with Crippen molar-refractivity contribution < 1.29 is 4.74 Å². The van der Waals surface area contributed by atoms with E-state index in [0.717, 1.165) is 30.2 Å². The normalized spacial score (nSPS) is 19.4. The fourth-order valence-corrected chi connectivity index (χ4v) is 3.70. The van der Waals surface area contributed by atoms with Crippen LogP contribution in [0.2, 0.25) is 0 Å². The van der Waals surface area contributed by atoms with Gasteiger partial charge in [-0.3, -0.25) is 0 Å². The van der Waals surface area contributed by atoms with Gasteiger partial charge in [-0.15, -0.1) is 11.3 Å². The minimum atomic E-state index is 0.416. The molecule has 5 heteroatoms. The first-order valence-corrected chi connectivity index (χ1v) is 8.13. The molecule has 1 saturated heterocycles. The highest BCUT2D eigenvalue weighted by Crippen LogP contribution is 2.32. The zero-order valence-corrected chi connectivity index (χ0v) is 12.9. The molecule has 20 heavy (non-hydrogen) atoms. The molecule has 0 amide bonds. The van der Waals surface area contributed by atoms with Crippen LogP contribution >= 0.6 is 11.3 Å².